The maximum Gasteiger partial charge on any atom is 0.224 e. The third-order valence-electron chi connectivity index (χ3n) is 6.44. The second-order valence-corrected chi connectivity index (χ2v) is 8.94. The third-order valence-corrected chi connectivity index (χ3v) is 6.44. The number of aryl methyl sites for hydroxylation is 1. The Kier molecular flexibility index (Phi) is 6.23. The lowest BCUT2D eigenvalue weighted by molar-refractivity contribution is -0.117. The number of amides is 2. The molecular weight excluding hydrogens is 410 g/mol. The number of hydrogen-bond donors (Lipinski definition) is 1. The van der Waals surface area contributed by atoms with Gasteiger partial charge in [0.15, 0.2) is 0 Å². The van der Waals surface area contributed by atoms with E-state index >= 15 is 0 Å². The van der Waals surface area contributed by atoms with Gasteiger partial charge in [0.2, 0.25) is 11.8 Å². The maximum absolute atomic E-state index is 12.5. The summed E-state index contributed by atoms with van der Waals surface area (Å²) < 4.78 is 0. The van der Waals surface area contributed by atoms with E-state index < -0.39 is 0 Å². The maximum atomic E-state index is 12.5. The Morgan fingerprint density at radius 2 is 1.67 bits per heavy atom. The molecule has 0 saturated heterocycles. The Hall–Kier alpha value is -3.60. The number of rotatable bonds is 4. The van der Waals surface area contributed by atoms with E-state index in [4.69, 9.17) is 0 Å². The standard InChI is InChI=1S/C28H31N3O2/c1-18-7-6-8-22(15-18)23-9-14-28-26(17-23)27(16-19(2)31(28)21(4)33)29-24-10-12-25(13-11-24)30(5)20(3)32/h6-15,17,19,27,29H,16H2,1-5H3/t19-,27+/m0/s1. The molecule has 0 spiro atoms. The van der Waals surface area contributed by atoms with Crippen LogP contribution in [0.1, 0.15) is 44.4 Å². The van der Waals surface area contributed by atoms with Gasteiger partial charge in [-0.2, -0.15) is 0 Å². The van der Waals surface area contributed by atoms with Crippen LogP contribution in [0.2, 0.25) is 0 Å². The summed E-state index contributed by atoms with van der Waals surface area (Å²) in [6.45, 7) is 7.38. The van der Waals surface area contributed by atoms with Gasteiger partial charge in [-0.25, -0.2) is 0 Å². The third kappa shape index (κ3) is 4.63. The minimum absolute atomic E-state index is 0.00116. The summed E-state index contributed by atoms with van der Waals surface area (Å²) >= 11 is 0. The molecule has 1 heterocycles. The monoisotopic (exact) mass is 441 g/mol. The van der Waals surface area contributed by atoms with Crippen LogP contribution in [0.25, 0.3) is 11.1 Å². The Bertz CT molecular complexity index is 1190. The fourth-order valence-corrected chi connectivity index (χ4v) is 4.65. The van der Waals surface area contributed by atoms with Gasteiger partial charge in [-0.05, 0) is 73.4 Å². The molecule has 4 rings (SSSR count). The van der Waals surface area contributed by atoms with Crippen LogP contribution in [-0.2, 0) is 9.59 Å². The van der Waals surface area contributed by atoms with Crippen LogP contribution in [0.15, 0.2) is 66.7 Å². The zero-order valence-electron chi connectivity index (χ0n) is 19.9. The lowest BCUT2D eigenvalue weighted by Gasteiger charge is -2.40. The summed E-state index contributed by atoms with van der Waals surface area (Å²) in [5.74, 6) is 0.0564. The molecule has 1 aliphatic heterocycles. The number of anilines is 3. The van der Waals surface area contributed by atoms with Gasteiger partial charge in [0.25, 0.3) is 0 Å². The quantitative estimate of drug-likeness (QED) is 0.545. The summed E-state index contributed by atoms with van der Waals surface area (Å²) in [6.07, 6.45) is 0.805. The van der Waals surface area contributed by atoms with Gasteiger partial charge in [-0.3, -0.25) is 9.59 Å². The molecule has 3 aromatic rings. The molecule has 3 aromatic carbocycles. The number of fused-ring (bicyclic) bond motifs is 1. The molecule has 0 saturated carbocycles. The van der Waals surface area contributed by atoms with Crippen molar-refractivity contribution in [3.05, 3.63) is 77.9 Å². The van der Waals surface area contributed by atoms with E-state index in [9.17, 15) is 9.59 Å². The summed E-state index contributed by atoms with van der Waals surface area (Å²) in [6, 6.07) is 22.9. The molecule has 0 radical (unpaired) electrons. The minimum atomic E-state index is -0.00116. The summed E-state index contributed by atoms with van der Waals surface area (Å²) in [4.78, 5) is 27.6. The molecule has 1 aliphatic rings. The lowest BCUT2D eigenvalue weighted by atomic mass is 9.88. The normalized spacial score (nSPS) is 17.3. The molecular formula is C28H31N3O2. The van der Waals surface area contributed by atoms with E-state index in [1.54, 1.807) is 25.8 Å². The van der Waals surface area contributed by atoms with Gasteiger partial charge in [0, 0.05) is 44.0 Å². The highest BCUT2D eigenvalue weighted by atomic mass is 16.2. The van der Waals surface area contributed by atoms with Crippen LogP contribution < -0.4 is 15.1 Å². The molecule has 170 valence electrons. The van der Waals surface area contributed by atoms with Crippen molar-refractivity contribution in [3.63, 3.8) is 0 Å². The first kappa shape index (κ1) is 22.6. The van der Waals surface area contributed by atoms with E-state index in [2.05, 4.69) is 61.6 Å². The second-order valence-electron chi connectivity index (χ2n) is 8.94. The highest BCUT2D eigenvalue weighted by Gasteiger charge is 2.32. The van der Waals surface area contributed by atoms with Crippen LogP contribution in [0, 0.1) is 6.92 Å². The summed E-state index contributed by atoms with van der Waals surface area (Å²) in [5, 5.41) is 3.67. The smallest absolute Gasteiger partial charge is 0.224 e. The average Bonchev–Trinajstić information content (AvgIpc) is 2.78. The number of carbonyl (C=O) groups excluding carboxylic acids is 2. The summed E-state index contributed by atoms with van der Waals surface area (Å²) in [5.41, 5.74) is 7.44. The molecule has 0 bridgehead atoms. The number of carbonyl (C=O) groups is 2. The van der Waals surface area contributed by atoms with Crippen molar-refractivity contribution in [2.24, 2.45) is 0 Å². The number of nitrogens with zero attached hydrogens (tertiary/aromatic N) is 2. The Balaban J connectivity index is 1.70. The van der Waals surface area contributed by atoms with Crippen LogP contribution in [0.3, 0.4) is 0 Å². The van der Waals surface area contributed by atoms with Crippen LogP contribution in [0.5, 0.6) is 0 Å². The highest BCUT2D eigenvalue weighted by molar-refractivity contribution is 5.94. The molecule has 2 amide bonds. The predicted molar refractivity (Wildman–Crippen MR) is 136 cm³/mol. The molecule has 33 heavy (non-hydrogen) atoms. The fraction of sp³-hybridized carbons (Fsp3) is 0.286. The Labute approximate surface area is 196 Å². The molecule has 5 nitrogen and oxygen atoms in total. The van der Waals surface area contributed by atoms with Gasteiger partial charge in [0.1, 0.15) is 0 Å². The Morgan fingerprint density at radius 1 is 0.970 bits per heavy atom. The Morgan fingerprint density at radius 3 is 2.30 bits per heavy atom. The molecule has 0 aliphatic carbocycles. The van der Waals surface area contributed by atoms with Gasteiger partial charge in [-0.15, -0.1) is 0 Å². The van der Waals surface area contributed by atoms with Gasteiger partial charge < -0.3 is 15.1 Å². The van der Waals surface area contributed by atoms with E-state index in [1.165, 1.54) is 11.1 Å². The van der Waals surface area contributed by atoms with Crippen LogP contribution in [-0.4, -0.2) is 24.9 Å². The first-order valence-corrected chi connectivity index (χ1v) is 11.4. The molecule has 0 fully saturated rings. The number of nitrogens with one attached hydrogen (secondary N) is 1. The highest BCUT2D eigenvalue weighted by Crippen LogP contribution is 2.41. The van der Waals surface area contributed by atoms with Crippen molar-refractivity contribution in [1.82, 2.24) is 0 Å². The molecule has 2 atom stereocenters. The first-order valence-electron chi connectivity index (χ1n) is 11.4. The van der Waals surface area contributed by atoms with Gasteiger partial charge >= 0.3 is 0 Å². The van der Waals surface area contributed by atoms with Gasteiger partial charge in [-0.1, -0.05) is 35.9 Å². The van der Waals surface area contributed by atoms with E-state index in [1.807, 2.05) is 29.2 Å². The first-order chi connectivity index (χ1) is 15.7. The largest absolute Gasteiger partial charge is 0.378 e. The topological polar surface area (TPSA) is 52.7 Å². The molecule has 1 N–H and O–H groups in total. The zero-order chi connectivity index (χ0) is 23.7. The van der Waals surface area contributed by atoms with Crippen LogP contribution in [0.4, 0.5) is 17.1 Å². The van der Waals surface area contributed by atoms with E-state index in [-0.39, 0.29) is 23.9 Å². The van der Waals surface area contributed by atoms with Crippen molar-refractivity contribution in [2.75, 3.05) is 22.2 Å². The molecule has 0 unspecified atom stereocenters. The van der Waals surface area contributed by atoms with Crippen molar-refractivity contribution in [1.29, 1.82) is 0 Å². The van der Waals surface area contributed by atoms with Crippen LogP contribution >= 0.6 is 0 Å². The lowest BCUT2D eigenvalue weighted by Crippen LogP contribution is -2.43. The molecule has 5 heteroatoms. The summed E-state index contributed by atoms with van der Waals surface area (Å²) in [7, 11) is 1.77. The van der Waals surface area contributed by atoms with Crippen molar-refractivity contribution in [2.45, 2.75) is 46.2 Å². The average molecular weight is 442 g/mol. The van der Waals surface area contributed by atoms with Crippen molar-refractivity contribution >= 4 is 28.9 Å². The minimum Gasteiger partial charge on any atom is -0.378 e. The fourth-order valence-electron chi connectivity index (χ4n) is 4.65. The number of hydrogen-bond acceptors (Lipinski definition) is 3. The van der Waals surface area contributed by atoms with Crippen molar-refractivity contribution < 1.29 is 9.59 Å². The van der Waals surface area contributed by atoms with Gasteiger partial charge in [0.05, 0.1) is 6.04 Å². The predicted octanol–water partition coefficient (Wildman–Crippen LogP) is 5.94. The zero-order valence-corrected chi connectivity index (χ0v) is 19.9. The van der Waals surface area contributed by atoms with E-state index in [0.717, 1.165) is 34.6 Å². The molecule has 0 aromatic heterocycles. The van der Waals surface area contributed by atoms with E-state index in [0.29, 0.717) is 0 Å². The van der Waals surface area contributed by atoms with Crippen molar-refractivity contribution in [3.8, 4) is 11.1 Å². The second kappa shape index (κ2) is 9.10. The SMILES string of the molecule is CC(=O)N(C)c1ccc(N[C@@H]2C[C@H](C)N(C(C)=O)c3ccc(-c4cccc(C)c4)cc32)cc1. The number of benzene rings is 3.